The molecule has 8 nitrogen and oxygen atoms in total. The van der Waals surface area contributed by atoms with Gasteiger partial charge in [-0.1, -0.05) is 0 Å². The van der Waals surface area contributed by atoms with E-state index >= 15 is 0 Å². The van der Waals surface area contributed by atoms with E-state index in [0.29, 0.717) is 11.9 Å². The highest BCUT2D eigenvalue weighted by molar-refractivity contribution is 5.85. The summed E-state index contributed by atoms with van der Waals surface area (Å²) in [5.41, 5.74) is 2.12. The Kier molecular flexibility index (Phi) is 7.85. The maximum Gasteiger partial charge on any atom is 0.229 e. The van der Waals surface area contributed by atoms with E-state index in [9.17, 15) is 0 Å². The van der Waals surface area contributed by atoms with Gasteiger partial charge in [0.2, 0.25) is 5.95 Å². The fraction of sp³-hybridized carbons (Fsp3) is 0.550. The Hall–Kier alpha value is -2.16. The average Bonchev–Trinajstić information content (AvgIpc) is 3.58. The van der Waals surface area contributed by atoms with Crippen LogP contribution in [0.15, 0.2) is 24.5 Å². The molecule has 3 heterocycles. The monoisotopic (exact) mass is 419 g/mol. The third kappa shape index (κ3) is 5.91. The zero-order chi connectivity index (χ0) is 19.2. The lowest BCUT2D eigenvalue weighted by molar-refractivity contribution is 0.122. The average molecular weight is 420 g/mol. The van der Waals surface area contributed by atoms with Gasteiger partial charge in [0.1, 0.15) is 11.6 Å². The van der Waals surface area contributed by atoms with Crippen molar-refractivity contribution in [1.29, 1.82) is 0 Å². The molecule has 0 unspecified atom stereocenters. The summed E-state index contributed by atoms with van der Waals surface area (Å²) in [6.45, 7) is 5.16. The lowest BCUT2D eigenvalue weighted by atomic mass is 10.2. The van der Waals surface area contributed by atoms with Crippen molar-refractivity contribution >= 4 is 35.7 Å². The predicted octanol–water partition coefficient (Wildman–Crippen LogP) is 2.77. The SMILES string of the molecule is CNCCCNc1nc(Nc2ccc(N3CCOCC3)nc2)ncc1C1CC1.Cl. The van der Waals surface area contributed by atoms with Crippen LogP contribution in [-0.2, 0) is 4.74 Å². The number of hydrogen-bond acceptors (Lipinski definition) is 8. The number of aromatic nitrogens is 3. The number of halogens is 1. The predicted molar refractivity (Wildman–Crippen MR) is 119 cm³/mol. The summed E-state index contributed by atoms with van der Waals surface area (Å²) in [6, 6.07) is 4.05. The number of nitrogens with zero attached hydrogens (tertiary/aromatic N) is 4. The molecule has 0 amide bonds. The van der Waals surface area contributed by atoms with Crippen LogP contribution < -0.4 is 20.9 Å². The highest BCUT2D eigenvalue weighted by Crippen LogP contribution is 2.42. The standard InChI is InChI=1S/C20H29N7O.ClH/c1-21-7-2-8-22-19-17(15-3-4-15)14-24-20(26-19)25-16-5-6-18(23-13-16)27-9-11-28-12-10-27;/h5-6,13-15,21H,2-4,7-12H2,1H3,(H2,22,24,25,26);1H. The van der Waals surface area contributed by atoms with Gasteiger partial charge in [0.05, 0.1) is 25.1 Å². The van der Waals surface area contributed by atoms with Crippen LogP contribution in [0.2, 0.25) is 0 Å². The van der Waals surface area contributed by atoms with Gasteiger partial charge < -0.3 is 25.6 Å². The second-order valence-corrected chi connectivity index (χ2v) is 7.29. The van der Waals surface area contributed by atoms with Crippen molar-refractivity contribution in [2.24, 2.45) is 0 Å². The zero-order valence-electron chi connectivity index (χ0n) is 16.9. The van der Waals surface area contributed by atoms with Gasteiger partial charge in [-0.15, -0.1) is 12.4 Å². The molecule has 1 aliphatic heterocycles. The van der Waals surface area contributed by atoms with Gasteiger partial charge in [-0.3, -0.25) is 0 Å². The molecule has 1 aliphatic carbocycles. The first-order valence-electron chi connectivity index (χ1n) is 10.1. The number of morpholine rings is 1. The minimum absolute atomic E-state index is 0. The summed E-state index contributed by atoms with van der Waals surface area (Å²) in [5, 5.41) is 9.94. The Morgan fingerprint density at radius 3 is 2.62 bits per heavy atom. The largest absolute Gasteiger partial charge is 0.378 e. The fourth-order valence-electron chi connectivity index (χ4n) is 3.33. The molecule has 2 aliphatic rings. The third-order valence-corrected chi connectivity index (χ3v) is 5.07. The molecule has 1 saturated heterocycles. The van der Waals surface area contributed by atoms with E-state index in [-0.39, 0.29) is 12.4 Å². The van der Waals surface area contributed by atoms with E-state index in [4.69, 9.17) is 9.72 Å². The molecule has 29 heavy (non-hydrogen) atoms. The lowest BCUT2D eigenvalue weighted by Crippen LogP contribution is -2.36. The first-order chi connectivity index (χ1) is 13.8. The van der Waals surface area contributed by atoms with Crippen molar-refractivity contribution in [1.82, 2.24) is 20.3 Å². The topological polar surface area (TPSA) is 87.2 Å². The maximum atomic E-state index is 5.40. The first kappa shape index (κ1) is 21.5. The van der Waals surface area contributed by atoms with Gasteiger partial charge in [-0.2, -0.15) is 4.98 Å². The van der Waals surface area contributed by atoms with E-state index in [1.807, 2.05) is 31.6 Å². The summed E-state index contributed by atoms with van der Waals surface area (Å²) in [5.74, 6) is 3.14. The lowest BCUT2D eigenvalue weighted by Gasteiger charge is -2.27. The summed E-state index contributed by atoms with van der Waals surface area (Å²) in [4.78, 5) is 16.1. The van der Waals surface area contributed by atoms with E-state index in [1.165, 1.54) is 18.4 Å². The van der Waals surface area contributed by atoms with E-state index in [0.717, 1.165) is 63.1 Å². The molecule has 0 spiro atoms. The van der Waals surface area contributed by atoms with E-state index in [1.54, 1.807) is 0 Å². The summed E-state index contributed by atoms with van der Waals surface area (Å²) in [6.07, 6.45) is 7.31. The second kappa shape index (κ2) is 10.6. The molecule has 2 aromatic heterocycles. The highest BCUT2D eigenvalue weighted by atomic mass is 35.5. The molecule has 0 atom stereocenters. The molecule has 2 fully saturated rings. The van der Waals surface area contributed by atoms with Crippen molar-refractivity contribution in [2.75, 3.05) is 62.0 Å². The van der Waals surface area contributed by atoms with Crippen molar-refractivity contribution in [2.45, 2.75) is 25.2 Å². The molecule has 3 N–H and O–H groups in total. The molecule has 0 radical (unpaired) electrons. The quantitative estimate of drug-likeness (QED) is 0.535. The highest BCUT2D eigenvalue weighted by Gasteiger charge is 2.27. The Balaban J connectivity index is 0.00000240. The Morgan fingerprint density at radius 2 is 1.93 bits per heavy atom. The first-order valence-corrected chi connectivity index (χ1v) is 10.1. The zero-order valence-corrected chi connectivity index (χ0v) is 17.7. The Labute approximate surface area is 178 Å². The van der Waals surface area contributed by atoms with Crippen molar-refractivity contribution in [3.63, 3.8) is 0 Å². The van der Waals surface area contributed by atoms with Gasteiger partial charge in [-0.05, 0) is 50.9 Å². The van der Waals surface area contributed by atoms with Crippen molar-refractivity contribution in [3.05, 3.63) is 30.1 Å². The van der Waals surface area contributed by atoms with E-state index < -0.39 is 0 Å². The van der Waals surface area contributed by atoms with Crippen LogP contribution in [0.5, 0.6) is 0 Å². The number of pyridine rings is 1. The Morgan fingerprint density at radius 1 is 1.10 bits per heavy atom. The van der Waals surface area contributed by atoms with Crippen LogP contribution >= 0.6 is 12.4 Å². The Bertz CT molecular complexity index is 764. The van der Waals surface area contributed by atoms with Crippen LogP contribution in [0.25, 0.3) is 0 Å². The van der Waals surface area contributed by atoms with Crippen LogP contribution in [0, 0.1) is 0 Å². The normalized spacial score (nSPS) is 16.2. The van der Waals surface area contributed by atoms with Gasteiger partial charge in [-0.25, -0.2) is 9.97 Å². The number of hydrogen-bond donors (Lipinski definition) is 3. The van der Waals surface area contributed by atoms with Gasteiger partial charge in [0.15, 0.2) is 0 Å². The molecular weight excluding hydrogens is 390 g/mol. The number of ether oxygens (including phenoxy) is 1. The fourth-order valence-corrected chi connectivity index (χ4v) is 3.33. The molecule has 158 valence electrons. The number of rotatable bonds is 9. The smallest absolute Gasteiger partial charge is 0.229 e. The van der Waals surface area contributed by atoms with Gasteiger partial charge >= 0.3 is 0 Å². The second-order valence-electron chi connectivity index (χ2n) is 7.29. The summed E-state index contributed by atoms with van der Waals surface area (Å²) in [7, 11) is 1.97. The maximum absolute atomic E-state index is 5.40. The number of anilines is 4. The molecule has 2 aromatic rings. The molecule has 4 rings (SSSR count). The van der Waals surface area contributed by atoms with Crippen molar-refractivity contribution in [3.8, 4) is 0 Å². The molecule has 9 heteroatoms. The van der Waals surface area contributed by atoms with Crippen molar-refractivity contribution < 1.29 is 4.74 Å². The molecule has 1 saturated carbocycles. The minimum Gasteiger partial charge on any atom is -0.378 e. The molecular formula is C20H30ClN7O. The third-order valence-electron chi connectivity index (χ3n) is 5.07. The summed E-state index contributed by atoms with van der Waals surface area (Å²) < 4.78 is 5.40. The van der Waals surface area contributed by atoms with E-state index in [2.05, 4.69) is 30.8 Å². The molecule has 0 bridgehead atoms. The summed E-state index contributed by atoms with van der Waals surface area (Å²) >= 11 is 0. The number of nitrogens with one attached hydrogen (secondary N) is 3. The van der Waals surface area contributed by atoms with Crippen LogP contribution in [0.1, 0.15) is 30.7 Å². The van der Waals surface area contributed by atoms with Gasteiger partial charge in [0, 0.05) is 31.4 Å². The van der Waals surface area contributed by atoms with Crippen LogP contribution in [0.3, 0.4) is 0 Å². The minimum atomic E-state index is 0. The molecule has 0 aromatic carbocycles. The van der Waals surface area contributed by atoms with Crippen LogP contribution in [0.4, 0.5) is 23.3 Å². The van der Waals surface area contributed by atoms with Crippen LogP contribution in [-0.4, -0.2) is 61.4 Å². The van der Waals surface area contributed by atoms with Gasteiger partial charge in [0.25, 0.3) is 0 Å².